The van der Waals surface area contributed by atoms with Crippen LogP contribution in [-0.4, -0.2) is 18.7 Å². The molecular weight excluding hydrogens is 234 g/mol. The SMILES string of the molecule is CCNC1CCC(OCc2cc(C)cc(C)c2)CC1. The molecule has 1 N–H and O–H groups in total. The summed E-state index contributed by atoms with van der Waals surface area (Å²) in [5.74, 6) is 0. The molecule has 2 nitrogen and oxygen atoms in total. The third-order valence-electron chi connectivity index (χ3n) is 3.93. The zero-order chi connectivity index (χ0) is 13.7. The van der Waals surface area contributed by atoms with Gasteiger partial charge in [-0.3, -0.25) is 0 Å². The smallest absolute Gasteiger partial charge is 0.0720 e. The largest absolute Gasteiger partial charge is 0.374 e. The fraction of sp³-hybridized carbons (Fsp3) is 0.647. The van der Waals surface area contributed by atoms with Gasteiger partial charge >= 0.3 is 0 Å². The van der Waals surface area contributed by atoms with Gasteiger partial charge in [-0.15, -0.1) is 0 Å². The van der Waals surface area contributed by atoms with Crippen molar-refractivity contribution in [1.29, 1.82) is 0 Å². The molecule has 0 unspecified atom stereocenters. The van der Waals surface area contributed by atoms with Crippen molar-refractivity contribution in [2.75, 3.05) is 6.54 Å². The highest BCUT2D eigenvalue weighted by molar-refractivity contribution is 5.28. The van der Waals surface area contributed by atoms with Crippen LogP contribution in [0, 0.1) is 13.8 Å². The Morgan fingerprint density at radius 3 is 2.26 bits per heavy atom. The Balaban J connectivity index is 1.77. The molecule has 1 aromatic rings. The van der Waals surface area contributed by atoms with Crippen molar-refractivity contribution in [2.45, 2.75) is 65.2 Å². The zero-order valence-electron chi connectivity index (χ0n) is 12.5. The first-order valence-electron chi connectivity index (χ1n) is 7.59. The third-order valence-corrected chi connectivity index (χ3v) is 3.93. The van der Waals surface area contributed by atoms with Gasteiger partial charge in [-0.05, 0) is 51.6 Å². The molecular formula is C17H27NO. The second-order valence-electron chi connectivity index (χ2n) is 5.84. The van der Waals surface area contributed by atoms with Crippen molar-refractivity contribution in [2.24, 2.45) is 0 Å². The molecule has 0 atom stereocenters. The summed E-state index contributed by atoms with van der Waals surface area (Å²) in [6.45, 7) is 8.33. The Labute approximate surface area is 117 Å². The van der Waals surface area contributed by atoms with Crippen molar-refractivity contribution in [3.05, 3.63) is 34.9 Å². The summed E-state index contributed by atoms with van der Waals surface area (Å²) in [4.78, 5) is 0. The van der Waals surface area contributed by atoms with Gasteiger partial charge in [-0.25, -0.2) is 0 Å². The normalized spacial score (nSPS) is 23.5. The summed E-state index contributed by atoms with van der Waals surface area (Å²) >= 11 is 0. The second kappa shape index (κ2) is 7.06. The van der Waals surface area contributed by atoms with Gasteiger partial charge in [0, 0.05) is 6.04 Å². The average Bonchev–Trinajstić information content (AvgIpc) is 2.37. The van der Waals surface area contributed by atoms with E-state index in [1.165, 1.54) is 42.4 Å². The van der Waals surface area contributed by atoms with Crippen LogP contribution < -0.4 is 5.32 Å². The Kier molecular flexibility index (Phi) is 5.41. The topological polar surface area (TPSA) is 21.3 Å². The van der Waals surface area contributed by atoms with E-state index in [1.54, 1.807) is 0 Å². The predicted molar refractivity (Wildman–Crippen MR) is 80.4 cm³/mol. The molecule has 1 aromatic carbocycles. The number of ether oxygens (including phenoxy) is 1. The summed E-state index contributed by atoms with van der Waals surface area (Å²) in [5.41, 5.74) is 3.97. The van der Waals surface area contributed by atoms with Gasteiger partial charge in [0.2, 0.25) is 0 Å². The van der Waals surface area contributed by atoms with E-state index in [1.807, 2.05) is 0 Å². The third kappa shape index (κ3) is 4.63. The summed E-state index contributed by atoms with van der Waals surface area (Å²) < 4.78 is 6.08. The minimum atomic E-state index is 0.454. The number of hydrogen-bond acceptors (Lipinski definition) is 2. The van der Waals surface area contributed by atoms with Crippen LogP contribution >= 0.6 is 0 Å². The molecule has 2 heteroatoms. The summed E-state index contributed by atoms with van der Waals surface area (Å²) in [6.07, 6.45) is 5.36. The first-order valence-corrected chi connectivity index (χ1v) is 7.59. The first kappa shape index (κ1) is 14.5. The van der Waals surface area contributed by atoms with Crippen LogP contribution in [0.15, 0.2) is 18.2 Å². The van der Waals surface area contributed by atoms with Gasteiger partial charge in [0.15, 0.2) is 0 Å². The highest BCUT2D eigenvalue weighted by Gasteiger charge is 2.20. The van der Waals surface area contributed by atoms with Gasteiger partial charge in [-0.1, -0.05) is 36.2 Å². The molecule has 1 aliphatic rings. The van der Waals surface area contributed by atoms with E-state index in [9.17, 15) is 0 Å². The number of nitrogens with one attached hydrogen (secondary N) is 1. The Hall–Kier alpha value is -0.860. The van der Waals surface area contributed by atoms with E-state index in [2.05, 4.69) is 44.3 Å². The molecule has 0 amide bonds. The summed E-state index contributed by atoms with van der Waals surface area (Å²) in [5, 5.41) is 3.54. The maximum absolute atomic E-state index is 6.08. The highest BCUT2D eigenvalue weighted by Crippen LogP contribution is 2.22. The molecule has 1 aliphatic carbocycles. The molecule has 0 saturated heterocycles. The van der Waals surface area contributed by atoms with Gasteiger partial charge < -0.3 is 10.1 Å². The minimum Gasteiger partial charge on any atom is -0.374 e. The standard InChI is InChI=1S/C17H27NO/c1-4-18-16-5-7-17(8-6-16)19-12-15-10-13(2)9-14(3)11-15/h9-11,16-18H,4-8,12H2,1-3H3. The maximum Gasteiger partial charge on any atom is 0.0720 e. The number of aryl methyl sites for hydroxylation is 2. The molecule has 0 spiro atoms. The highest BCUT2D eigenvalue weighted by atomic mass is 16.5. The van der Waals surface area contributed by atoms with E-state index in [0.29, 0.717) is 12.1 Å². The van der Waals surface area contributed by atoms with Crippen LogP contribution in [0.5, 0.6) is 0 Å². The average molecular weight is 261 g/mol. The molecule has 19 heavy (non-hydrogen) atoms. The summed E-state index contributed by atoms with van der Waals surface area (Å²) in [7, 11) is 0. The molecule has 106 valence electrons. The minimum absolute atomic E-state index is 0.454. The van der Waals surface area contributed by atoms with Gasteiger partial charge in [0.25, 0.3) is 0 Å². The van der Waals surface area contributed by atoms with Crippen molar-refractivity contribution in [1.82, 2.24) is 5.32 Å². The Morgan fingerprint density at radius 1 is 1.05 bits per heavy atom. The molecule has 1 saturated carbocycles. The Bertz CT molecular complexity index is 374. The van der Waals surface area contributed by atoms with Crippen LogP contribution in [0.2, 0.25) is 0 Å². The quantitative estimate of drug-likeness (QED) is 0.872. The van der Waals surface area contributed by atoms with Crippen LogP contribution in [0.25, 0.3) is 0 Å². The van der Waals surface area contributed by atoms with Crippen LogP contribution in [-0.2, 0) is 11.3 Å². The summed E-state index contributed by atoms with van der Waals surface area (Å²) in [6, 6.07) is 7.39. The van der Waals surface area contributed by atoms with Gasteiger partial charge in [-0.2, -0.15) is 0 Å². The lowest BCUT2D eigenvalue weighted by molar-refractivity contribution is 0.0114. The van der Waals surface area contributed by atoms with E-state index in [4.69, 9.17) is 4.74 Å². The van der Waals surface area contributed by atoms with E-state index in [0.717, 1.165) is 13.2 Å². The first-order chi connectivity index (χ1) is 9.17. The van der Waals surface area contributed by atoms with Crippen molar-refractivity contribution in [3.8, 4) is 0 Å². The van der Waals surface area contributed by atoms with Crippen LogP contribution in [0.3, 0.4) is 0 Å². The molecule has 1 fully saturated rings. The van der Waals surface area contributed by atoms with Crippen molar-refractivity contribution < 1.29 is 4.74 Å². The van der Waals surface area contributed by atoms with Crippen molar-refractivity contribution >= 4 is 0 Å². The van der Waals surface area contributed by atoms with E-state index >= 15 is 0 Å². The maximum atomic E-state index is 6.08. The predicted octanol–water partition coefficient (Wildman–Crippen LogP) is 3.74. The van der Waals surface area contributed by atoms with Crippen molar-refractivity contribution in [3.63, 3.8) is 0 Å². The molecule has 0 bridgehead atoms. The number of hydrogen-bond donors (Lipinski definition) is 1. The van der Waals surface area contributed by atoms with Crippen LogP contribution in [0.4, 0.5) is 0 Å². The van der Waals surface area contributed by atoms with Gasteiger partial charge in [0.1, 0.15) is 0 Å². The lowest BCUT2D eigenvalue weighted by Crippen LogP contribution is -2.35. The zero-order valence-corrected chi connectivity index (χ0v) is 12.5. The number of benzene rings is 1. The Morgan fingerprint density at radius 2 is 1.68 bits per heavy atom. The fourth-order valence-electron chi connectivity index (χ4n) is 3.09. The monoisotopic (exact) mass is 261 g/mol. The fourth-order valence-corrected chi connectivity index (χ4v) is 3.09. The molecule has 0 heterocycles. The van der Waals surface area contributed by atoms with Gasteiger partial charge in [0.05, 0.1) is 12.7 Å². The molecule has 0 radical (unpaired) electrons. The lowest BCUT2D eigenvalue weighted by atomic mass is 9.93. The second-order valence-corrected chi connectivity index (χ2v) is 5.84. The molecule has 2 rings (SSSR count). The van der Waals surface area contributed by atoms with E-state index in [-0.39, 0.29) is 0 Å². The molecule has 0 aliphatic heterocycles. The molecule has 0 aromatic heterocycles. The lowest BCUT2D eigenvalue weighted by Gasteiger charge is -2.29. The number of rotatable bonds is 5. The van der Waals surface area contributed by atoms with Crippen LogP contribution in [0.1, 0.15) is 49.3 Å². The van der Waals surface area contributed by atoms with E-state index < -0.39 is 0 Å².